The highest BCUT2D eigenvalue weighted by atomic mass is 32.2. The zero-order chi connectivity index (χ0) is 16.4. The standard InChI is InChI=1S/C18H16O4S/c1-13-5-7-14(8-6-13)11-12-23(20,21)22-18-4-2-3-15-16(18)9-10-17(15)19/h2-8,11-12H,9-10H2,1H3/b12-11-. The Morgan fingerprint density at radius 1 is 1.04 bits per heavy atom. The predicted molar refractivity (Wildman–Crippen MR) is 88.9 cm³/mol. The number of carbonyl (C=O) groups excluding carboxylic acids is 1. The molecule has 0 fully saturated rings. The van der Waals surface area contributed by atoms with Crippen molar-refractivity contribution in [3.05, 3.63) is 70.1 Å². The maximum atomic E-state index is 12.1. The number of aryl methyl sites for hydroxylation is 1. The Hall–Kier alpha value is -2.40. The number of ketones is 1. The van der Waals surface area contributed by atoms with Crippen LogP contribution in [-0.4, -0.2) is 14.2 Å². The van der Waals surface area contributed by atoms with Crippen molar-refractivity contribution in [2.75, 3.05) is 0 Å². The number of hydrogen-bond acceptors (Lipinski definition) is 4. The van der Waals surface area contributed by atoms with Gasteiger partial charge in [0.15, 0.2) is 5.78 Å². The van der Waals surface area contributed by atoms with Gasteiger partial charge in [0.1, 0.15) is 5.75 Å². The van der Waals surface area contributed by atoms with Crippen LogP contribution in [0.1, 0.15) is 33.5 Å². The summed E-state index contributed by atoms with van der Waals surface area (Å²) in [5.41, 5.74) is 3.10. The summed E-state index contributed by atoms with van der Waals surface area (Å²) in [5, 5.41) is 1.04. The molecule has 1 aliphatic rings. The molecule has 0 N–H and O–H groups in total. The predicted octanol–water partition coefficient (Wildman–Crippen LogP) is 3.50. The fourth-order valence-electron chi connectivity index (χ4n) is 2.53. The molecule has 0 unspecified atom stereocenters. The van der Waals surface area contributed by atoms with Crippen LogP contribution in [-0.2, 0) is 16.5 Å². The van der Waals surface area contributed by atoms with Gasteiger partial charge in [-0.15, -0.1) is 0 Å². The van der Waals surface area contributed by atoms with Crippen LogP contribution in [0.5, 0.6) is 5.75 Å². The third-order valence-corrected chi connectivity index (χ3v) is 4.63. The van der Waals surface area contributed by atoms with Crippen molar-refractivity contribution >= 4 is 22.0 Å². The summed E-state index contributed by atoms with van der Waals surface area (Å²) in [5.74, 6) is 0.264. The van der Waals surface area contributed by atoms with Gasteiger partial charge >= 0.3 is 10.1 Å². The van der Waals surface area contributed by atoms with Gasteiger partial charge < -0.3 is 4.18 Å². The molecule has 0 atom stereocenters. The molecule has 0 saturated heterocycles. The molecule has 2 aromatic carbocycles. The Labute approximate surface area is 135 Å². The van der Waals surface area contributed by atoms with E-state index in [0.717, 1.165) is 16.5 Å². The average Bonchev–Trinajstić information content (AvgIpc) is 2.89. The first-order valence-electron chi connectivity index (χ1n) is 7.29. The van der Waals surface area contributed by atoms with E-state index in [-0.39, 0.29) is 11.5 Å². The molecule has 0 radical (unpaired) electrons. The Kier molecular flexibility index (Phi) is 4.05. The minimum atomic E-state index is -3.87. The lowest BCUT2D eigenvalue weighted by Crippen LogP contribution is -2.07. The van der Waals surface area contributed by atoms with Gasteiger partial charge in [-0.3, -0.25) is 4.79 Å². The van der Waals surface area contributed by atoms with Crippen LogP contribution in [0.3, 0.4) is 0 Å². The van der Waals surface area contributed by atoms with Crippen molar-refractivity contribution in [1.29, 1.82) is 0 Å². The second-order valence-corrected chi connectivity index (χ2v) is 6.92. The summed E-state index contributed by atoms with van der Waals surface area (Å²) in [6.45, 7) is 1.96. The number of Topliss-reactive ketones (excluding diaryl/α,β-unsaturated/α-hetero) is 1. The molecule has 23 heavy (non-hydrogen) atoms. The molecule has 0 aromatic heterocycles. The molecule has 0 amide bonds. The second-order valence-electron chi connectivity index (χ2n) is 5.50. The van der Waals surface area contributed by atoms with Crippen molar-refractivity contribution in [1.82, 2.24) is 0 Å². The number of fused-ring (bicyclic) bond motifs is 1. The highest BCUT2D eigenvalue weighted by molar-refractivity contribution is 7.90. The minimum absolute atomic E-state index is 0.0260. The molecule has 1 aliphatic carbocycles. The van der Waals surface area contributed by atoms with Crippen molar-refractivity contribution in [2.45, 2.75) is 19.8 Å². The van der Waals surface area contributed by atoms with Crippen LogP contribution in [0, 0.1) is 6.92 Å². The lowest BCUT2D eigenvalue weighted by molar-refractivity contribution is 0.0994. The van der Waals surface area contributed by atoms with Crippen LogP contribution >= 0.6 is 0 Å². The van der Waals surface area contributed by atoms with Gasteiger partial charge in [-0.05, 0) is 31.1 Å². The van der Waals surface area contributed by atoms with Crippen LogP contribution in [0.4, 0.5) is 0 Å². The van der Waals surface area contributed by atoms with E-state index in [4.69, 9.17) is 4.18 Å². The zero-order valence-electron chi connectivity index (χ0n) is 12.7. The minimum Gasteiger partial charge on any atom is -0.379 e. The van der Waals surface area contributed by atoms with Crippen LogP contribution < -0.4 is 4.18 Å². The topological polar surface area (TPSA) is 60.4 Å². The first-order valence-corrected chi connectivity index (χ1v) is 8.76. The molecule has 0 aliphatic heterocycles. The normalized spacial score (nSPS) is 14.2. The first-order chi connectivity index (χ1) is 10.9. The van der Waals surface area contributed by atoms with Crippen molar-refractivity contribution in [2.24, 2.45) is 0 Å². The summed E-state index contributed by atoms with van der Waals surface area (Å²) in [6, 6.07) is 12.4. The molecule has 4 nitrogen and oxygen atoms in total. The molecule has 0 bridgehead atoms. The summed E-state index contributed by atoms with van der Waals surface area (Å²) >= 11 is 0. The van der Waals surface area contributed by atoms with Gasteiger partial charge in [-0.25, -0.2) is 0 Å². The second kappa shape index (κ2) is 6.01. The van der Waals surface area contributed by atoms with Gasteiger partial charge in [-0.2, -0.15) is 8.42 Å². The SMILES string of the molecule is Cc1ccc(/C=C\S(=O)(=O)Oc2cccc3c2CCC3=O)cc1. The summed E-state index contributed by atoms with van der Waals surface area (Å²) in [7, 11) is -3.87. The van der Waals surface area contributed by atoms with Gasteiger partial charge in [0.05, 0.1) is 5.41 Å². The Morgan fingerprint density at radius 2 is 1.78 bits per heavy atom. The number of carbonyl (C=O) groups is 1. The van der Waals surface area contributed by atoms with E-state index in [2.05, 4.69) is 0 Å². The van der Waals surface area contributed by atoms with Crippen molar-refractivity contribution < 1.29 is 17.4 Å². The van der Waals surface area contributed by atoms with Crippen LogP contribution in [0.25, 0.3) is 6.08 Å². The number of hydrogen-bond donors (Lipinski definition) is 0. The average molecular weight is 328 g/mol. The van der Waals surface area contributed by atoms with E-state index in [1.165, 1.54) is 6.08 Å². The molecule has 0 spiro atoms. The van der Waals surface area contributed by atoms with Crippen molar-refractivity contribution in [3.63, 3.8) is 0 Å². The van der Waals surface area contributed by atoms with Crippen LogP contribution in [0.15, 0.2) is 47.9 Å². The fraction of sp³-hybridized carbons (Fsp3) is 0.167. The largest absolute Gasteiger partial charge is 0.379 e. The quantitative estimate of drug-likeness (QED) is 0.806. The molecular weight excluding hydrogens is 312 g/mol. The molecule has 3 rings (SSSR count). The van der Waals surface area contributed by atoms with E-state index >= 15 is 0 Å². The van der Waals surface area contributed by atoms with Gasteiger partial charge in [-0.1, -0.05) is 42.0 Å². The number of rotatable bonds is 4. The van der Waals surface area contributed by atoms with E-state index in [1.807, 2.05) is 31.2 Å². The smallest absolute Gasteiger partial charge is 0.332 e. The van der Waals surface area contributed by atoms with E-state index in [0.29, 0.717) is 24.0 Å². The highest BCUT2D eigenvalue weighted by Gasteiger charge is 2.24. The van der Waals surface area contributed by atoms with Crippen LogP contribution in [0.2, 0.25) is 0 Å². The first kappa shape index (κ1) is 15.5. The lowest BCUT2D eigenvalue weighted by atomic mass is 10.1. The Balaban J connectivity index is 1.82. The van der Waals surface area contributed by atoms with E-state index in [1.54, 1.807) is 18.2 Å². The Bertz CT molecular complexity index is 878. The Morgan fingerprint density at radius 3 is 2.52 bits per heavy atom. The molecule has 5 heteroatoms. The van der Waals surface area contributed by atoms with E-state index < -0.39 is 10.1 Å². The fourth-order valence-corrected chi connectivity index (χ4v) is 3.31. The molecule has 118 valence electrons. The molecule has 0 heterocycles. The lowest BCUT2D eigenvalue weighted by Gasteiger charge is -2.08. The molecular formula is C18H16O4S. The van der Waals surface area contributed by atoms with E-state index in [9.17, 15) is 13.2 Å². The zero-order valence-corrected chi connectivity index (χ0v) is 13.5. The highest BCUT2D eigenvalue weighted by Crippen LogP contribution is 2.31. The summed E-state index contributed by atoms with van der Waals surface area (Å²) < 4.78 is 29.4. The van der Waals surface area contributed by atoms with Gasteiger partial charge in [0.2, 0.25) is 0 Å². The summed E-state index contributed by atoms with van der Waals surface area (Å²) in [6.07, 6.45) is 2.40. The maximum Gasteiger partial charge on any atom is 0.332 e. The monoisotopic (exact) mass is 328 g/mol. The molecule has 0 saturated carbocycles. The van der Waals surface area contributed by atoms with Gasteiger partial charge in [0.25, 0.3) is 0 Å². The van der Waals surface area contributed by atoms with Crippen molar-refractivity contribution in [3.8, 4) is 5.75 Å². The van der Waals surface area contributed by atoms with Gasteiger partial charge in [0, 0.05) is 17.5 Å². The summed E-state index contributed by atoms with van der Waals surface area (Å²) in [4.78, 5) is 11.7. The number of benzene rings is 2. The maximum absolute atomic E-state index is 12.1. The molecule has 2 aromatic rings. The third kappa shape index (κ3) is 3.51. The third-order valence-electron chi connectivity index (χ3n) is 3.75.